The van der Waals surface area contributed by atoms with Crippen LogP contribution in [0.3, 0.4) is 0 Å². The molecule has 0 bridgehead atoms. The van der Waals surface area contributed by atoms with E-state index in [4.69, 9.17) is 15.2 Å². The lowest BCUT2D eigenvalue weighted by molar-refractivity contribution is -0.138. The summed E-state index contributed by atoms with van der Waals surface area (Å²) in [7, 11) is 3.16. The summed E-state index contributed by atoms with van der Waals surface area (Å²) in [5.41, 5.74) is 6.18. The number of hydrogen-bond donors (Lipinski definition) is 1. The van der Waals surface area contributed by atoms with E-state index in [0.29, 0.717) is 12.2 Å². The molecule has 0 saturated heterocycles. The van der Waals surface area contributed by atoms with Crippen LogP contribution >= 0.6 is 0 Å². The van der Waals surface area contributed by atoms with Gasteiger partial charge < -0.3 is 15.2 Å². The Hall–Kier alpha value is -1.39. The molecule has 0 amide bonds. The molecule has 2 rings (SSSR count). The SMILES string of the molecule is COc1cccc([C@]2(N)CCC[C@@H](OC)C2=O)c1. The van der Waals surface area contributed by atoms with E-state index in [2.05, 4.69) is 0 Å². The van der Waals surface area contributed by atoms with Gasteiger partial charge in [-0.15, -0.1) is 0 Å². The van der Waals surface area contributed by atoms with Crippen molar-refractivity contribution in [1.29, 1.82) is 0 Å². The number of hydrogen-bond acceptors (Lipinski definition) is 4. The number of rotatable bonds is 3. The van der Waals surface area contributed by atoms with Crippen LogP contribution in [0.25, 0.3) is 0 Å². The normalized spacial score (nSPS) is 28.2. The lowest BCUT2D eigenvalue weighted by atomic mass is 9.75. The molecule has 0 heterocycles. The number of carbonyl (C=O) groups excluding carboxylic acids is 1. The van der Waals surface area contributed by atoms with Gasteiger partial charge in [0, 0.05) is 7.11 Å². The minimum atomic E-state index is -0.951. The topological polar surface area (TPSA) is 61.6 Å². The summed E-state index contributed by atoms with van der Waals surface area (Å²) < 4.78 is 10.4. The van der Waals surface area contributed by atoms with Gasteiger partial charge in [-0.25, -0.2) is 0 Å². The van der Waals surface area contributed by atoms with E-state index in [9.17, 15) is 4.79 Å². The summed E-state index contributed by atoms with van der Waals surface area (Å²) in [5, 5.41) is 0. The second-order valence-corrected chi connectivity index (χ2v) is 4.68. The Kier molecular flexibility index (Phi) is 3.68. The standard InChI is InChI=1S/C14H19NO3/c1-17-11-6-3-5-10(9-11)14(15)8-4-7-12(18-2)13(14)16/h3,5-6,9,12H,4,7-8,15H2,1-2H3/t12-,14-/m1/s1. The highest BCUT2D eigenvalue weighted by atomic mass is 16.5. The summed E-state index contributed by atoms with van der Waals surface area (Å²) in [6.45, 7) is 0. The monoisotopic (exact) mass is 249 g/mol. The van der Waals surface area contributed by atoms with Crippen molar-refractivity contribution in [1.82, 2.24) is 0 Å². The van der Waals surface area contributed by atoms with Gasteiger partial charge in [0.05, 0.1) is 7.11 Å². The summed E-state index contributed by atoms with van der Waals surface area (Å²) in [6.07, 6.45) is 1.89. The average Bonchev–Trinajstić information content (AvgIpc) is 2.42. The van der Waals surface area contributed by atoms with E-state index in [1.165, 1.54) is 0 Å². The fourth-order valence-corrected chi connectivity index (χ4v) is 2.52. The molecule has 18 heavy (non-hydrogen) atoms. The average molecular weight is 249 g/mol. The van der Waals surface area contributed by atoms with Crippen LogP contribution in [0.2, 0.25) is 0 Å². The number of ketones is 1. The summed E-state index contributed by atoms with van der Waals surface area (Å²) in [5.74, 6) is 0.675. The predicted molar refractivity (Wildman–Crippen MR) is 68.5 cm³/mol. The molecule has 0 aliphatic heterocycles. The number of nitrogens with two attached hydrogens (primary N) is 1. The lowest BCUT2D eigenvalue weighted by Crippen LogP contribution is -2.53. The van der Waals surface area contributed by atoms with Gasteiger partial charge in [-0.05, 0) is 37.0 Å². The Morgan fingerprint density at radius 2 is 2.17 bits per heavy atom. The van der Waals surface area contributed by atoms with Gasteiger partial charge in [0.2, 0.25) is 0 Å². The molecule has 98 valence electrons. The zero-order valence-electron chi connectivity index (χ0n) is 10.8. The van der Waals surface area contributed by atoms with E-state index in [0.717, 1.165) is 18.4 Å². The van der Waals surface area contributed by atoms with Gasteiger partial charge in [-0.3, -0.25) is 4.79 Å². The molecule has 4 heteroatoms. The van der Waals surface area contributed by atoms with Crippen molar-refractivity contribution >= 4 is 5.78 Å². The maximum atomic E-state index is 12.4. The molecule has 1 aliphatic carbocycles. The third-order valence-electron chi connectivity index (χ3n) is 3.64. The number of ether oxygens (including phenoxy) is 2. The van der Waals surface area contributed by atoms with Gasteiger partial charge in [-0.1, -0.05) is 12.1 Å². The van der Waals surface area contributed by atoms with Crippen LogP contribution in [0.5, 0.6) is 5.75 Å². The van der Waals surface area contributed by atoms with Crippen molar-refractivity contribution < 1.29 is 14.3 Å². The molecule has 1 fully saturated rings. The van der Waals surface area contributed by atoms with E-state index < -0.39 is 11.6 Å². The first-order valence-electron chi connectivity index (χ1n) is 6.12. The van der Waals surface area contributed by atoms with Crippen LogP contribution in [0.4, 0.5) is 0 Å². The highest BCUT2D eigenvalue weighted by Crippen LogP contribution is 2.34. The van der Waals surface area contributed by atoms with Gasteiger partial charge in [-0.2, -0.15) is 0 Å². The second-order valence-electron chi connectivity index (χ2n) is 4.68. The van der Waals surface area contributed by atoms with Gasteiger partial charge in [0.15, 0.2) is 5.78 Å². The molecular weight excluding hydrogens is 230 g/mol. The minimum Gasteiger partial charge on any atom is -0.497 e. The number of benzene rings is 1. The molecular formula is C14H19NO3. The van der Waals surface area contributed by atoms with Crippen LogP contribution in [-0.2, 0) is 15.1 Å². The van der Waals surface area contributed by atoms with Crippen molar-refractivity contribution in [3.63, 3.8) is 0 Å². The Bertz CT molecular complexity index is 446. The Morgan fingerprint density at radius 3 is 2.83 bits per heavy atom. The number of Topliss-reactive ketones (excluding diaryl/α,β-unsaturated/α-hetero) is 1. The molecule has 0 aromatic heterocycles. The fourth-order valence-electron chi connectivity index (χ4n) is 2.52. The molecule has 2 atom stereocenters. The molecule has 4 nitrogen and oxygen atoms in total. The lowest BCUT2D eigenvalue weighted by Gasteiger charge is -2.36. The van der Waals surface area contributed by atoms with E-state index >= 15 is 0 Å². The zero-order valence-corrected chi connectivity index (χ0v) is 10.8. The van der Waals surface area contributed by atoms with Gasteiger partial charge in [0.25, 0.3) is 0 Å². The Labute approximate surface area is 107 Å². The van der Waals surface area contributed by atoms with Crippen LogP contribution in [-0.4, -0.2) is 26.1 Å². The van der Waals surface area contributed by atoms with Crippen LogP contribution < -0.4 is 10.5 Å². The number of carbonyl (C=O) groups is 1. The fraction of sp³-hybridized carbons (Fsp3) is 0.500. The summed E-state index contributed by atoms with van der Waals surface area (Å²) >= 11 is 0. The highest BCUT2D eigenvalue weighted by Gasteiger charge is 2.43. The molecule has 1 aromatic carbocycles. The van der Waals surface area contributed by atoms with Crippen molar-refractivity contribution in [2.75, 3.05) is 14.2 Å². The van der Waals surface area contributed by atoms with Crippen LogP contribution in [0.15, 0.2) is 24.3 Å². The predicted octanol–water partition coefficient (Wildman–Crippen LogP) is 1.62. The number of methoxy groups -OCH3 is 2. The van der Waals surface area contributed by atoms with Crippen molar-refractivity contribution in [3.05, 3.63) is 29.8 Å². The first-order valence-corrected chi connectivity index (χ1v) is 6.12. The summed E-state index contributed by atoms with van der Waals surface area (Å²) in [4.78, 5) is 12.4. The summed E-state index contributed by atoms with van der Waals surface area (Å²) in [6, 6.07) is 7.40. The first kappa shape index (κ1) is 13.1. The van der Waals surface area contributed by atoms with Crippen molar-refractivity contribution in [2.45, 2.75) is 30.9 Å². The molecule has 0 unspecified atom stereocenters. The van der Waals surface area contributed by atoms with Gasteiger partial charge in [0.1, 0.15) is 17.4 Å². The van der Waals surface area contributed by atoms with Crippen LogP contribution in [0, 0.1) is 0 Å². The first-order chi connectivity index (χ1) is 8.61. The third-order valence-corrected chi connectivity index (χ3v) is 3.64. The highest BCUT2D eigenvalue weighted by molar-refractivity contribution is 5.93. The van der Waals surface area contributed by atoms with Crippen molar-refractivity contribution in [3.8, 4) is 5.75 Å². The Balaban J connectivity index is 2.36. The maximum absolute atomic E-state index is 12.4. The molecule has 1 saturated carbocycles. The third kappa shape index (κ3) is 2.13. The Morgan fingerprint density at radius 1 is 1.39 bits per heavy atom. The van der Waals surface area contributed by atoms with E-state index in [1.54, 1.807) is 14.2 Å². The van der Waals surface area contributed by atoms with E-state index in [-0.39, 0.29) is 5.78 Å². The maximum Gasteiger partial charge on any atom is 0.185 e. The quantitative estimate of drug-likeness (QED) is 0.884. The molecule has 2 N–H and O–H groups in total. The van der Waals surface area contributed by atoms with Crippen LogP contribution in [0.1, 0.15) is 24.8 Å². The molecule has 1 aliphatic rings. The van der Waals surface area contributed by atoms with E-state index in [1.807, 2.05) is 24.3 Å². The molecule has 0 radical (unpaired) electrons. The molecule has 0 spiro atoms. The largest absolute Gasteiger partial charge is 0.497 e. The second kappa shape index (κ2) is 5.08. The van der Waals surface area contributed by atoms with Gasteiger partial charge >= 0.3 is 0 Å². The zero-order chi connectivity index (χ0) is 13.2. The van der Waals surface area contributed by atoms with Crippen molar-refractivity contribution in [2.24, 2.45) is 5.73 Å². The minimum absolute atomic E-state index is 0.0375. The molecule has 1 aromatic rings. The smallest absolute Gasteiger partial charge is 0.185 e.